The maximum atomic E-state index is 11.8. The van der Waals surface area contributed by atoms with Crippen LogP contribution in [0.25, 0.3) is 0 Å². The van der Waals surface area contributed by atoms with Crippen molar-refractivity contribution in [2.45, 2.75) is 37.5 Å². The van der Waals surface area contributed by atoms with Gasteiger partial charge in [-0.1, -0.05) is 0 Å². The normalized spacial score (nSPS) is 24.1. The number of carbonyl (C=O) groups excluding carboxylic acids is 1. The fourth-order valence-electron chi connectivity index (χ4n) is 2.29. The number of hydrogen-bond acceptors (Lipinski definition) is 5. The van der Waals surface area contributed by atoms with Crippen LogP contribution in [0.1, 0.15) is 25.7 Å². The maximum Gasteiger partial charge on any atom is 0.220 e. The van der Waals surface area contributed by atoms with Gasteiger partial charge in [-0.3, -0.25) is 4.79 Å². The van der Waals surface area contributed by atoms with Gasteiger partial charge in [0.1, 0.15) is 0 Å². The van der Waals surface area contributed by atoms with Crippen LogP contribution in [0.2, 0.25) is 0 Å². The fraction of sp³-hybridized carbons (Fsp3) is 0.786. The molecule has 6 heteroatoms. The molecule has 1 amide bonds. The summed E-state index contributed by atoms with van der Waals surface area (Å²) in [4.78, 5) is 14.0. The summed E-state index contributed by atoms with van der Waals surface area (Å²) in [7, 11) is 2.06. The summed E-state index contributed by atoms with van der Waals surface area (Å²) in [5, 5.41) is 11.0. The molecule has 110 valence electrons. The predicted molar refractivity (Wildman–Crippen MR) is 75.1 cm³/mol. The minimum absolute atomic E-state index is 0.0270. The number of nitrogens with one attached hydrogen (secondary N) is 1. The second kappa shape index (κ2) is 6.82. The Hall–Kier alpha value is -1.45. The van der Waals surface area contributed by atoms with Gasteiger partial charge >= 0.3 is 0 Å². The van der Waals surface area contributed by atoms with Gasteiger partial charge in [0.05, 0.1) is 12.7 Å². The van der Waals surface area contributed by atoms with E-state index in [4.69, 9.17) is 11.2 Å². The molecule has 0 aliphatic carbocycles. The standard InChI is InChI=1S/C14H22N4O2/c1-3-4-6-14(16-17-14)7-5-13(19)15-10-12-11-18(2)8-9-20-12/h1,12H,4-11H2,2H3,(H,15,19). The molecule has 2 rings (SSSR count). The number of carbonyl (C=O) groups is 1. The summed E-state index contributed by atoms with van der Waals surface area (Å²) >= 11 is 0. The number of nitrogens with zero attached hydrogens (tertiary/aromatic N) is 3. The van der Waals surface area contributed by atoms with Gasteiger partial charge in [0.15, 0.2) is 5.66 Å². The second-order valence-electron chi connectivity index (χ2n) is 5.45. The van der Waals surface area contributed by atoms with Crippen molar-refractivity contribution in [3.8, 4) is 12.3 Å². The first-order valence-corrected chi connectivity index (χ1v) is 7.08. The minimum atomic E-state index is -0.370. The number of hydrogen-bond donors (Lipinski definition) is 1. The molecule has 1 fully saturated rings. The van der Waals surface area contributed by atoms with Gasteiger partial charge < -0.3 is 15.0 Å². The van der Waals surface area contributed by atoms with E-state index < -0.39 is 0 Å². The van der Waals surface area contributed by atoms with Crippen molar-refractivity contribution in [3.05, 3.63) is 0 Å². The van der Waals surface area contributed by atoms with Crippen LogP contribution in [0.5, 0.6) is 0 Å². The Labute approximate surface area is 120 Å². The van der Waals surface area contributed by atoms with Crippen LogP contribution in [0.3, 0.4) is 0 Å². The molecule has 0 bridgehead atoms. The van der Waals surface area contributed by atoms with E-state index in [1.807, 2.05) is 0 Å². The first-order valence-electron chi connectivity index (χ1n) is 7.08. The molecule has 0 spiro atoms. The molecule has 0 aromatic carbocycles. The van der Waals surface area contributed by atoms with Gasteiger partial charge in [-0.05, 0) is 7.05 Å². The Morgan fingerprint density at radius 1 is 1.55 bits per heavy atom. The number of ether oxygens (including phenoxy) is 1. The van der Waals surface area contributed by atoms with E-state index in [2.05, 4.69) is 33.4 Å². The van der Waals surface area contributed by atoms with Crippen LogP contribution in [-0.4, -0.2) is 55.9 Å². The van der Waals surface area contributed by atoms with E-state index in [1.54, 1.807) is 0 Å². The molecule has 0 aromatic heterocycles. The zero-order valence-corrected chi connectivity index (χ0v) is 12.0. The number of terminal acetylenes is 1. The number of amides is 1. The molecular weight excluding hydrogens is 256 g/mol. The Bertz CT molecular complexity index is 410. The molecule has 0 aromatic rings. The highest BCUT2D eigenvalue weighted by Gasteiger charge is 2.39. The van der Waals surface area contributed by atoms with Crippen molar-refractivity contribution in [2.75, 3.05) is 33.3 Å². The van der Waals surface area contributed by atoms with Crippen molar-refractivity contribution in [2.24, 2.45) is 10.2 Å². The molecule has 2 heterocycles. The molecular formula is C14H22N4O2. The van der Waals surface area contributed by atoms with Gasteiger partial charge in [0.2, 0.25) is 5.91 Å². The lowest BCUT2D eigenvalue weighted by molar-refractivity contribution is -0.122. The van der Waals surface area contributed by atoms with E-state index in [0.717, 1.165) is 26.1 Å². The highest BCUT2D eigenvalue weighted by Crippen LogP contribution is 2.37. The average molecular weight is 278 g/mol. The van der Waals surface area contributed by atoms with E-state index in [-0.39, 0.29) is 17.7 Å². The lowest BCUT2D eigenvalue weighted by Gasteiger charge is -2.30. The van der Waals surface area contributed by atoms with Crippen LogP contribution in [0.15, 0.2) is 10.2 Å². The summed E-state index contributed by atoms with van der Waals surface area (Å²) in [6, 6.07) is 0. The van der Waals surface area contributed by atoms with Crippen LogP contribution in [0, 0.1) is 12.3 Å². The average Bonchev–Trinajstić information content (AvgIpc) is 3.21. The Morgan fingerprint density at radius 2 is 2.35 bits per heavy atom. The molecule has 0 radical (unpaired) electrons. The smallest absolute Gasteiger partial charge is 0.220 e. The van der Waals surface area contributed by atoms with Crippen molar-refractivity contribution >= 4 is 5.91 Å². The minimum Gasteiger partial charge on any atom is -0.374 e. The topological polar surface area (TPSA) is 66.3 Å². The first-order chi connectivity index (χ1) is 9.63. The third-order valence-corrected chi connectivity index (χ3v) is 3.67. The number of morpholine rings is 1. The zero-order chi connectivity index (χ0) is 14.4. The van der Waals surface area contributed by atoms with Crippen molar-refractivity contribution in [3.63, 3.8) is 0 Å². The number of rotatable bonds is 7. The van der Waals surface area contributed by atoms with Crippen LogP contribution >= 0.6 is 0 Å². The summed E-state index contributed by atoms with van der Waals surface area (Å²) in [5.74, 6) is 2.61. The molecule has 1 N–H and O–H groups in total. The Balaban J connectivity index is 1.60. The first kappa shape index (κ1) is 14.9. The Morgan fingerprint density at radius 3 is 3.00 bits per heavy atom. The highest BCUT2D eigenvalue weighted by atomic mass is 16.5. The van der Waals surface area contributed by atoms with Gasteiger partial charge in [-0.2, -0.15) is 10.2 Å². The zero-order valence-electron chi connectivity index (χ0n) is 12.0. The van der Waals surface area contributed by atoms with Gasteiger partial charge in [-0.25, -0.2) is 0 Å². The molecule has 0 saturated carbocycles. The lowest BCUT2D eigenvalue weighted by atomic mass is 10.0. The van der Waals surface area contributed by atoms with E-state index in [9.17, 15) is 4.79 Å². The molecule has 2 aliphatic heterocycles. The van der Waals surface area contributed by atoms with Gasteiger partial charge in [0, 0.05) is 45.3 Å². The van der Waals surface area contributed by atoms with Crippen molar-refractivity contribution < 1.29 is 9.53 Å². The second-order valence-corrected chi connectivity index (χ2v) is 5.45. The SMILES string of the molecule is C#CCCC1(CCC(=O)NCC2CN(C)CCO2)N=N1. The van der Waals surface area contributed by atoms with Crippen LogP contribution < -0.4 is 5.32 Å². The predicted octanol–water partition coefficient (Wildman–Crippen LogP) is 0.789. The van der Waals surface area contributed by atoms with Crippen LogP contribution in [-0.2, 0) is 9.53 Å². The van der Waals surface area contributed by atoms with Gasteiger partial charge in [-0.15, -0.1) is 12.3 Å². The Kier molecular flexibility index (Phi) is 5.10. The molecule has 1 unspecified atom stereocenters. The lowest BCUT2D eigenvalue weighted by Crippen LogP contribution is -2.46. The highest BCUT2D eigenvalue weighted by molar-refractivity contribution is 5.76. The summed E-state index contributed by atoms with van der Waals surface area (Å²) in [5.41, 5.74) is -0.370. The number of likely N-dealkylation sites (N-methyl/N-ethyl adjacent to an activating group) is 1. The van der Waals surface area contributed by atoms with Crippen LogP contribution in [0.4, 0.5) is 0 Å². The summed E-state index contributed by atoms with van der Waals surface area (Å²) in [6.07, 6.45) is 7.79. The van der Waals surface area contributed by atoms with Gasteiger partial charge in [0.25, 0.3) is 0 Å². The third kappa shape index (κ3) is 4.58. The molecule has 2 aliphatic rings. The molecule has 6 nitrogen and oxygen atoms in total. The quantitative estimate of drug-likeness (QED) is 0.700. The maximum absolute atomic E-state index is 11.8. The van der Waals surface area contributed by atoms with Crippen molar-refractivity contribution in [1.82, 2.24) is 10.2 Å². The van der Waals surface area contributed by atoms with E-state index in [1.165, 1.54) is 0 Å². The summed E-state index contributed by atoms with van der Waals surface area (Å²) in [6.45, 7) is 3.10. The molecule has 1 atom stereocenters. The summed E-state index contributed by atoms with van der Waals surface area (Å²) < 4.78 is 5.59. The van der Waals surface area contributed by atoms with E-state index in [0.29, 0.717) is 25.8 Å². The molecule has 1 saturated heterocycles. The largest absolute Gasteiger partial charge is 0.374 e. The van der Waals surface area contributed by atoms with Crippen molar-refractivity contribution in [1.29, 1.82) is 0 Å². The molecule has 20 heavy (non-hydrogen) atoms. The fourth-order valence-corrected chi connectivity index (χ4v) is 2.29. The third-order valence-electron chi connectivity index (χ3n) is 3.67. The monoisotopic (exact) mass is 278 g/mol. The van der Waals surface area contributed by atoms with E-state index >= 15 is 0 Å².